The van der Waals surface area contributed by atoms with Crippen molar-refractivity contribution in [2.45, 2.75) is 12.8 Å². The standard InChI is InChI=1S/C7H3BrF5NO/c8-3-1-2-14-4(6(9)10)5(3)15-7(11,12)13/h1-2,6H. The van der Waals surface area contributed by atoms with Crippen LogP contribution in [0.1, 0.15) is 12.1 Å². The highest BCUT2D eigenvalue weighted by atomic mass is 79.9. The average molecular weight is 292 g/mol. The molecular formula is C7H3BrF5NO. The summed E-state index contributed by atoms with van der Waals surface area (Å²) in [5.74, 6) is -1.01. The van der Waals surface area contributed by atoms with E-state index in [2.05, 4.69) is 25.7 Å². The van der Waals surface area contributed by atoms with E-state index < -0.39 is 24.2 Å². The Hall–Kier alpha value is -0.920. The zero-order valence-corrected chi connectivity index (χ0v) is 8.44. The summed E-state index contributed by atoms with van der Waals surface area (Å²) in [7, 11) is 0. The van der Waals surface area contributed by atoms with Crippen molar-refractivity contribution in [3.05, 3.63) is 22.4 Å². The summed E-state index contributed by atoms with van der Waals surface area (Å²) in [6.45, 7) is 0. The highest BCUT2D eigenvalue weighted by Gasteiger charge is 2.34. The topological polar surface area (TPSA) is 22.1 Å². The maximum atomic E-state index is 12.3. The van der Waals surface area contributed by atoms with E-state index in [0.717, 1.165) is 12.3 Å². The lowest BCUT2D eigenvalue weighted by atomic mass is 10.3. The summed E-state index contributed by atoms with van der Waals surface area (Å²) < 4.78 is 63.3. The third-order valence-corrected chi connectivity index (χ3v) is 1.93. The third-order valence-electron chi connectivity index (χ3n) is 1.31. The second-order valence-corrected chi connectivity index (χ2v) is 3.21. The summed E-state index contributed by atoms with van der Waals surface area (Å²) in [6.07, 6.45) is -7.22. The molecule has 0 unspecified atom stereocenters. The molecule has 1 aromatic rings. The first kappa shape index (κ1) is 12.2. The summed E-state index contributed by atoms with van der Waals surface area (Å²) in [6, 6.07) is 1.08. The lowest BCUT2D eigenvalue weighted by Gasteiger charge is -2.13. The van der Waals surface area contributed by atoms with Crippen LogP contribution in [0.3, 0.4) is 0 Å². The Morgan fingerprint density at radius 1 is 1.33 bits per heavy atom. The van der Waals surface area contributed by atoms with E-state index in [9.17, 15) is 22.0 Å². The van der Waals surface area contributed by atoms with Crippen LogP contribution < -0.4 is 4.74 Å². The van der Waals surface area contributed by atoms with Crippen molar-refractivity contribution in [2.24, 2.45) is 0 Å². The van der Waals surface area contributed by atoms with Crippen LogP contribution in [0.4, 0.5) is 22.0 Å². The van der Waals surface area contributed by atoms with Crippen molar-refractivity contribution in [1.29, 1.82) is 0 Å². The number of nitrogens with zero attached hydrogens (tertiary/aromatic N) is 1. The Balaban J connectivity index is 3.14. The molecule has 1 aromatic heterocycles. The number of halogens is 6. The van der Waals surface area contributed by atoms with Crippen molar-refractivity contribution in [3.63, 3.8) is 0 Å². The molecule has 1 heterocycles. The molecule has 0 fully saturated rings. The summed E-state index contributed by atoms with van der Waals surface area (Å²) in [5, 5.41) is 0. The molecule has 0 radical (unpaired) electrons. The molecule has 0 atom stereocenters. The molecule has 0 saturated carbocycles. The summed E-state index contributed by atoms with van der Waals surface area (Å²) in [4.78, 5) is 3.12. The number of ether oxygens (including phenoxy) is 1. The zero-order valence-electron chi connectivity index (χ0n) is 6.86. The molecule has 15 heavy (non-hydrogen) atoms. The molecule has 1 rings (SSSR count). The zero-order chi connectivity index (χ0) is 11.6. The fourth-order valence-electron chi connectivity index (χ4n) is 0.812. The van der Waals surface area contributed by atoms with Crippen molar-refractivity contribution in [2.75, 3.05) is 0 Å². The van der Waals surface area contributed by atoms with E-state index in [4.69, 9.17) is 0 Å². The minimum atomic E-state index is -5.03. The molecular weight excluding hydrogens is 289 g/mol. The van der Waals surface area contributed by atoms with Crippen molar-refractivity contribution >= 4 is 15.9 Å². The summed E-state index contributed by atoms with van der Waals surface area (Å²) in [5.41, 5.74) is -1.05. The van der Waals surface area contributed by atoms with Gasteiger partial charge < -0.3 is 4.74 Å². The minimum absolute atomic E-state index is 0.231. The average Bonchev–Trinajstić information content (AvgIpc) is 2.05. The van der Waals surface area contributed by atoms with Gasteiger partial charge in [-0.05, 0) is 22.0 Å². The molecule has 2 nitrogen and oxygen atoms in total. The number of pyridine rings is 1. The van der Waals surface area contributed by atoms with Gasteiger partial charge in [0.1, 0.15) is 5.69 Å². The van der Waals surface area contributed by atoms with Crippen LogP contribution in [0.5, 0.6) is 5.75 Å². The fourth-order valence-corrected chi connectivity index (χ4v) is 1.21. The molecule has 0 spiro atoms. The summed E-state index contributed by atoms with van der Waals surface area (Å²) >= 11 is 2.67. The van der Waals surface area contributed by atoms with E-state index in [1.54, 1.807) is 0 Å². The van der Waals surface area contributed by atoms with Gasteiger partial charge in [0.15, 0.2) is 5.75 Å². The fraction of sp³-hybridized carbons (Fsp3) is 0.286. The molecule has 0 aromatic carbocycles. The van der Waals surface area contributed by atoms with Crippen LogP contribution in [-0.4, -0.2) is 11.3 Å². The van der Waals surface area contributed by atoms with Gasteiger partial charge in [-0.25, -0.2) is 8.78 Å². The highest BCUT2D eigenvalue weighted by Crippen LogP contribution is 2.36. The van der Waals surface area contributed by atoms with Gasteiger partial charge in [-0.3, -0.25) is 4.98 Å². The van der Waals surface area contributed by atoms with Crippen molar-refractivity contribution in [1.82, 2.24) is 4.98 Å². The van der Waals surface area contributed by atoms with E-state index >= 15 is 0 Å². The number of hydrogen-bond donors (Lipinski definition) is 0. The molecule has 0 aliphatic rings. The predicted molar refractivity (Wildman–Crippen MR) is 43.6 cm³/mol. The van der Waals surface area contributed by atoms with E-state index in [1.807, 2.05) is 0 Å². The van der Waals surface area contributed by atoms with Crippen LogP contribution in [-0.2, 0) is 0 Å². The van der Waals surface area contributed by atoms with Crippen LogP contribution >= 0.6 is 15.9 Å². The van der Waals surface area contributed by atoms with Gasteiger partial charge in [-0.15, -0.1) is 13.2 Å². The molecule has 0 amide bonds. The number of rotatable bonds is 2. The predicted octanol–water partition coefficient (Wildman–Crippen LogP) is 3.68. The van der Waals surface area contributed by atoms with Crippen molar-refractivity contribution < 1.29 is 26.7 Å². The Morgan fingerprint density at radius 2 is 1.93 bits per heavy atom. The molecule has 8 heteroatoms. The second kappa shape index (κ2) is 4.30. The maximum absolute atomic E-state index is 12.3. The van der Waals surface area contributed by atoms with E-state index in [-0.39, 0.29) is 4.47 Å². The monoisotopic (exact) mass is 291 g/mol. The van der Waals surface area contributed by atoms with Crippen LogP contribution in [0.2, 0.25) is 0 Å². The Morgan fingerprint density at radius 3 is 2.40 bits per heavy atom. The van der Waals surface area contributed by atoms with Gasteiger partial charge >= 0.3 is 6.36 Å². The molecule has 0 aliphatic heterocycles. The van der Waals surface area contributed by atoms with E-state index in [0.29, 0.717) is 0 Å². The number of hydrogen-bond acceptors (Lipinski definition) is 2. The largest absolute Gasteiger partial charge is 0.573 e. The molecule has 84 valence electrons. The van der Waals surface area contributed by atoms with Gasteiger partial charge in [-0.2, -0.15) is 0 Å². The van der Waals surface area contributed by atoms with Crippen LogP contribution in [0.15, 0.2) is 16.7 Å². The third kappa shape index (κ3) is 3.29. The van der Waals surface area contributed by atoms with Crippen LogP contribution in [0.25, 0.3) is 0 Å². The Labute approximate surface area is 89.2 Å². The maximum Gasteiger partial charge on any atom is 0.573 e. The van der Waals surface area contributed by atoms with Gasteiger partial charge in [0.2, 0.25) is 0 Å². The van der Waals surface area contributed by atoms with Gasteiger partial charge in [0.05, 0.1) is 4.47 Å². The Kier molecular flexibility index (Phi) is 3.48. The first-order chi connectivity index (χ1) is 6.81. The second-order valence-electron chi connectivity index (χ2n) is 2.36. The van der Waals surface area contributed by atoms with Crippen molar-refractivity contribution in [3.8, 4) is 5.75 Å². The molecule has 0 N–H and O–H groups in total. The lowest BCUT2D eigenvalue weighted by molar-refractivity contribution is -0.275. The van der Waals surface area contributed by atoms with Crippen LogP contribution in [0, 0.1) is 0 Å². The normalized spacial score (nSPS) is 11.9. The molecule has 0 saturated heterocycles. The lowest BCUT2D eigenvalue weighted by Crippen LogP contribution is -2.19. The van der Waals surface area contributed by atoms with Gasteiger partial charge in [-0.1, -0.05) is 0 Å². The molecule has 0 aliphatic carbocycles. The first-order valence-electron chi connectivity index (χ1n) is 3.49. The number of aromatic nitrogens is 1. The van der Waals surface area contributed by atoms with Gasteiger partial charge in [0.25, 0.3) is 6.43 Å². The van der Waals surface area contributed by atoms with Gasteiger partial charge in [0, 0.05) is 6.20 Å². The number of alkyl halides is 5. The highest BCUT2D eigenvalue weighted by molar-refractivity contribution is 9.10. The molecule has 0 bridgehead atoms. The SMILES string of the molecule is FC(F)c1nccc(Br)c1OC(F)(F)F. The quantitative estimate of drug-likeness (QED) is 0.776. The Bertz CT molecular complexity index is 354. The smallest absolute Gasteiger partial charge is 0.402 e. The first-order valence-corrected chi connectivity index (χ1v) is 4.29. The van der Waals surface area contributed by atoms with E-state index in [1.165, 1.54) is 0 Å². The minimum Gasteiger partial charge on any atom is -0.402 e.